The molecule has 0 aliphatic carbocycles. The predicted molar refractivity (Wildman–Crippen MR) is 126 cm³/mol. The Bertz CT molecular complexity index is 1390. The van der Waals surface area contributed by atoms with Gasteiger partial charge in [0.25, 0.3) is 0 Å². The zero-order valence-electron chi connectivity index (χ0n) is 17.5. The Labute approximate surface area is 192 Å². The van der Waals surface area contributed by atoms with E-state index < -0.39 is 15.6 Å². The summed E-state index contributed by atoms with van der Waals surface area (Å²) in [5.41, 5.74) is 1.58. The summed E-state index contributed by atoms with van der Waals surface area (Å²) in [6.07, 6.45) is 1.60. The number of hydrogen-bond donors (Lipinski definition) is 2. The Morgan fingerprint density at radius 2 is 1.62 bits per heavy atom. The van der Waals surface area contributed by atoms with Gasteiger partial charge in [0.2, 0.25) is 10.0 Å². The molecular formula is C24H22ClN3O3S. The van der Waals surface area contributed by atoms with E-state index in [4.69, 9.17) is 16.7 Å². The molecular weight excluding hydrogens is 446 g/mol. The second kappa shape index (κ2) is 8.18. The van der Waals surface area contributed by atoms with Crippen LogP contribution in [0.2, 0.25) is 5.02 Å². The number of rotatable bonds is 5. The van der Waals surface area contributed by atoms with Crippen LogP contribution in [-0.4, -0.2) is 23.1 Å². The van der Waals surface area contributed by atoms with Crippen molar-refractivity contribution in [2.45, 2.75) is 24.3 Å². The minimum absolute atomic E-state index is 0.0631. The zero-order valence-corrected chi connectivity index (χ0v) is 19.1. The Hall–Kier alpha value is -2.97. The summed E-state index contributed by atoms with van der Waals surface area (Å²) in [5.74, 6) is 0.394. The largest absolute Gasteiger partial charge is 0.384 e. The number of aliphatic hydroxyl groups is 1. The Morgan fingerprint density at radius 1 is 0.969 bits per heavy atom. The lowest BCUT2D eigenvalue weighted by Crippen LogP contribution is -2.16. The van der Waals surface area contributed by atoms with Crippen LogP contribution in [0.5, 0.6) is 0 Å². The monoisotopic (exact) mass is 467 g/mol. The van der Waals surface area contributed by atoms with Gasteiger partial charge in [0, 0.05) is 11.8 Å². The summed E-state index contributed by atoms with van der Waals surface area (Å²) in [6, 6.07) is 21.6. The average molecular weight is 468 g/mol. The van der Waals surface area contributed by atoms with E-state index in [1.54, 1.807) is 54.9 Å². The highest BCUT2D eigenvalue weighted by Crippen LogP contribution is 2.34. The Morgan fingerprint density at radius 3 is 2.25 bits per heavy atom. The number of nitrogens with zero attached hydrogens (tertiary/aromatic N) is 2. The van der Waals surface area contributed by atoms with Crippen LogP contribution in [0.4, 0.5) is 0 Å². The van der Waals surface area contributed by atoms with Gasteiger partial charge in [-0.2, -0.15) is 0 Å². The zero-order chi connectivity index (χ0) is 23.1. The van der Waals surface area contributed by atoms with Crippen molar-refractivity contribution in [1.29, 1.82) is 0 Å². The fourth-order valence-corrected chi connectivity index (χ4v) is 4.41. The molecule has 0 atom stereocenters. The van der Waals surface area contributed by atoms with E-state index in [0.29, 0.717) is 33.4 Å². The summed E-state index contributed by atoms with van der Waals surface area (Å²) in [7, 11) is -4.09. The first-order chi connectivity index (χ1) is 15.1. The van der Waals surface area contributed by atoms with Gasteiger partial charge in [-0.1, -0.05) is 60.1 Å². The highest BCUT2D eigenvalue weighted by Gasteiger charge is 2.26. The van der Waals surface area contributed by atoms with Crippen molar-refractivity contribution in [3.8, 4) is 28.2 Å². The van der Waals surface area contributed by atoms with E-state index in [9.17, 15) is 13.5 Å². The molecule has 3 aromatic carbocycles. The van der Waals surface area contributed by atoms with Crippen LogP contribution in [0.3, 0.4) is 0 Å². The van der Waals surface area contributed by atoms with Gasteiger partial charge in [-0.15, -0.1) is 0 Å². The standard InChI is InChI=1S/C24H22ClN3O3S/c1-24(2,29)22-15-28(23(27-22)18-10-6-7-11-19(18)25)20-13-12-17(14-21(20)32(26,30)31)16-8-4-3-5-9-16/h3-15,29H,1-2H3,(H2,26,30,31). The molecule has 0 saturated heterocycles. The SMILES string of the molecule is CC(C)(O)c1cn(-c2ccc(-c3ccccc3)cc2S(N)(=O)=O)c(-c2ccccc2Cl)n1. The maximum absolute atomic E-state index is 12.6. The number of benzene rings is 3. The first-order valence-electron chi connectivity index (χ1n) is 9.85. The van der Waals surface area contributed by atoms with Crippen molar-refractivity contribution >= 4 is 21.6 Å². The molecule has 4 rings (SSSR count). The third-order valence-corrected chi connectivity index (χ3v) is 6.35. The molecule has 32 heavy (non-hydrogen) atoms. The summed E-state index contributed by atoms with van der Waals surface area (Å²) < 4.78 is 26.8. The van der Waals surface area contributed by atoms with Crippen molar-refractivity contribution in [3.63, 3.8) is 0 Å². The van der Waals surface area contributed by atoms with Gasteiger partial charge < -0.3 is 5.11 Å². The van der Waals surface area contributed by atoms with E-state index in [2.05, 4.69) is 4.98 Å². The number of imidazole rings is 1. The van der Waals surface area contributed by atoms with Gasteiger partial charge in [-0.05, 0) is 49.2 Å². The molecule has 0 saturated carbocycles. The quantitative estimate of drug-likeness (QED) is 0.443. The second-order valence-corrected chi connectivity index (χ2v) is 9.89. The van der Waals surface area contributed by atoms with Gasteiger partial charge in [0.05, 0.1) is 16.4 Å². The van der Waals surface area contributed by atoms with Crippen LogP contribution in [0.1, 0.15) is 19.5 Å². The molecule has 0 unspecified atom stereocenters. The minimum atomic E-state index is -4.09. The van der Waals surface area contributed by atoms with Crippen molar-refractivity contribution in [2.24, 2.45) is 5.14 Å². The molecule has 1 aromatic heterocycles. The van der Waals surface area contributed by atoms with E-state index in [1.165, 1.54) is 0 Å². The molecule has 4 aromatic rings. The Kier molecular flexibility index (Phi) is 5.68. The normalized spacial score (nSPS) is 12.2. The van der Waals surface area contributed by atoms with Gasteiger partial charge in [-0.3, -0.25) is 4.57 Å². The molecule has 0 aliphatic rings. The number of primary sulfonamides is 1. The molecule has 0 spiro atoms. The number of nitrogens with two attached hydrogens (primary N) is 1. The minimum Gasteiger partial charge on any atom is -0.384 e. The van der Waals surface area contributed by atoms with E-state index in [0.717, 1.165) is 5.56 Å². The van der Waals surface area contributed by atoms with Gasteiger partial charge in [-0.25, -0.2) is 18.5 Å². The molecule has 0 aliphatic heterocycles. The van der Waals surface area contributed by atoms with Gasteiger partial charge >= 0.3 is 0 Å². The summed E-state index contributed by atoms with van der Waals surface area (Å²) in [6.45, 7) is 3.21. The van der Waals surface area contributed by atoms with Gasteiger partial charge in [0.1, 0.15) is 16.3 Å². The maximum Gasteiger partial charge on any atom is 0.240 e. The van der Waals surface area contributed by atoms with E-state index in [1.807, 2.05) is 42.5 Å². The summed E-state index contributed by atoms with van der Waals surface area (Å²) in [5, 5.41) is 16.6. The molecule has 1 heterocycles. The lowest BCUT2D eigenvalue weighted by Gasteiger charge is -2.15. The lowest BCUT2D eigenvalue weighted by atomic mass is 10.1. The average Bonchev–Trinajstić information content (AvgIpc) is 3.19. The highest BCUT2D eigenvalue weighted by atomic mass is 35.5. The smallest absolute Gasteiger partial charge is 0.240 e. The lowest BCUT2D eigenvalue weighted by molar-refractivity contribution is 0.0743. The van der Waals surface area contributed by atoms with Crippen LogP contribution in [-0.2, 0) is 15.6 Å². The Balaban J connectivity index is 2.01. The molecule has 164 valence electrons. The van der Waals surface area contributed by atoms with Crippen molar-refractivity contribution in [3.05, 3.63) is 89.7 Å². The fraction of sp³-hybridized carbons (Fsp3) is 0.125. The predicted octanol–water partition coefficient (Wildman–Crippen LogP) is 4.73. The third kappa shape index (κ3) is 4.33. The number of aromatic nitrogens is 2. The number of hydrogen-bond acceptors (Lipinski definition) is 4. The molecule has 8 heteroatoms. The number of halogens is 1. The fourth-order valence-electron chi connectivity index (χ4n) is 3.44. The molecule has 0 bridgehead atoms. The highest BCUT2D eigenvalue weighted by molar-refractivity contribution is 7.89. The second-order valence-electron chi connectivity index (χ2n) is 7.95. The van der Waals surface area contributed by atoms with E-state index >= 15 is 0 Å². The van der Waals surface area contributed by atoms with Crippen molar-refractivity contribution in [2.75, 3.05) is 0 Å². The first-order valence-corrected chi connectivity index (χ1v) is 11.8. The van der Waals surface area contributed by atoms with Crippen LogP contribution in [0, 0.1) is 0 Å². The van der Waals surface area contributed by atoms with Crippen LogP contribution < -0.4 is 5.14 Å². The topological polar surface area (TPSA) is 98.2 Å². The summed E-state index contributed by atoms with van der Waals surface area (Å²) >= 11 is 6.42. The number of sulfonamides is 1. The van der Waals surface area contributed by atoms with E-state index in [-0.39, 0.29) is 4.90 Å². The molecule has 0 radical (unpaired) electrons. The maximum atomic E-state index is 12.6. The third-order valence-electron chi connectivity index (χ3n) is 5.08. The molecule has 6 nitrogen and oxygen atoms in total. The molecule has 3 N–H and O–H groups in total. The van der Waals surface area contributed by atoms with Crippen molar-refractivity contribution in [1.82, 2.24) is 9.55 Å². The molecule has 0 amide bonds. The van der Waals surface area contributed by atoms with Crippen LogP contribution >= 0.6 is 11.6 Å². The van der Waals surface area contributed by atoms with Crippen LogP contribution in [0.25, 0.3) is 28.2 Å². The van der Waals surface area contributed by atoms with Crippen molar-refractivity contribution < 1.29 is 13.5 Å². The first kappa shape index (κ1) is 22.2. The summed E-state index contributed by atoms with van der Waals surface area (Å²) in [4.78, 5) is 4.52. The van der Waals surface area contributed by atoms with Crippen LogP contribution in [0.15, 0.2) is 83.9 Å². The molecule has 0 fully saturated rings. The van der Waals surface area contributed by atoms with Gasteiger partial charge in [0.15, 0.2) is 0 Å².